The number of carbonyl (C=O) groups is 1. The summed E-state index contributed by atoms with van der Waals surface area (Å²) in [7, 11) is -1.93. The number of rotatable bonds is 5. The molecule has 0 radical (unpaired) electrons. The second-order valence-electron chi connectivity index (χ2n) is 9.60. The number of nitrogens with zero attached hydrogens (tertiary/aromatic N) is 2. The minimum atomic E-state index is -1.93. The Labute approximate surface area is 185 Å². The number of pyridine rings is 1. The average molecular weight is 445 g/mol. The number of hydrogen-bond donors (Lipinski definition) is 2. The molecule has 1 atom stereocenters. The van der Waals surface area contributed by atoms with Gasteiger partial charge in [0.05, 0.1) is 6.20 Å². The molecule has 0 bridgehead atoms. The van der Waals surface area contributed by atoms with Gasteiger partial charge in [-0.3, -0.25) is 5.32 Å². The highest BCUT2D eigenvalue weighted by Crippen LogP contribution is 2.37. The first-order valence-corrected chi connectivity index (χ1v) is 13.7. The fraction of sp³-hybridized carbons (Fsp3) is 0.478. The summed E-state index contributed by atoms with van der Waals surface area (Å²) < 4.78 is 19.4. The van der Waals surface area contributed by atoms with Crippen LogP contribution in [0.3, 0.4) is 0 Å². The van der Waals surface area contributed by atoms with Crippen LogP contribution in [-0.2, 0) is 0 Å². The molecule has 2 heterocycles. The van der Waals surface area contributed by atoms with Crippen LogP contribution in [0.1, 0.15) is 33.6 Å². The molecule has 1 aromatic heterocycles. The summed E-state index contributed by atoms with van der Waals surface area (Å²) in [5, 5.41) is 5.92. The zero-order valence-electron chi connectivity index (χ0n) is 19.0. The molecule has 2 amide bonds. The number of nitrogens with one attached hydrogen (secondary N) is 2. The lowest BCUT2D eigenvalue weighted by Crippen LogP contribution is -2.49. The molecule has 1 fully saturated rings. The second-order valence-corrected chi connectivity index (χ2v) is 14.3. The molecule has 0 saturated carbocycles. The summed E-state index contributed by atoms with van der Waals surface area (Å²) in [6, 6.07) is 9.81. The molecule has 8 heteroatoms. The number of anilines is 2. The van der Waals surface area contributed by atoms with Gasteiger partial charge in [0.2, 0.25) is 0 Å². The SMILES string of the molecule is CC(C)(C)[Si](C)(C)Oc1ccc(NC(=O)N[C@H]2CCCN(c3ccc(F)cc3)C2)nc1. The minimum absolute atomic E-state index is 0.0139. The third-order valence-electron chi connectivity index (χ3n) is 6.11. The molecule has 1 saturated heterocycles. The Morgan fingerprint density at radius 1 is 1.19 bits per heavy atom. The molecular weight excluding hydrogens is 411 g/mol. The van der Waals surface area contributed by atoms with Crippen molar-refractivity contribution in [1.29, 1.82) is 0 Å². The van der Waals surface area contributed by atoms with E-state index in [1.165, 1.54) is 12.1 Å². The van der Waals surface area contributed by atoms with E-state index in [9.17, 15) is 9.18 Å². The first-order chi connectivity index (χ1) is 14.5. The maximum Gasteiger partial charge on any atom is 0.320 e. The third kappa shape index (κ3) is 6.19. The van der Waals surface area contributed by atoms with E-state index in [1.54, 1.807) is 24.4 Å². The van der Waals surface area contributed by atoms with Crippen molar-refractivity contribution in [2.45, 2.75) is 57.8 Å². The zero-order chi connectivity index (χ0) is 22.6. The van der Waals surface area contributed by atoms with E-state index in [-0.39, 0.29) is 22.9 Å². The van der Waals surface area contributed by atoms with E-state index >= 15 is 0 Å². The van der Waals surface area contributed by atoms with Crippen molar-refractivity contribution < 1.29 is 13.6 Å². The van der Waals surface area contributed by atoms with Gasteiger partial charge in [-0.05, 0) is 67.4 Å². The Balaban J connectivity index is 1.53. The number of piperidine rings is 1. The van der Waals surface area contributed by atoms with Crippen molar-refractivity contribution in [2.24, 2.45) is 0 Å². The van der Waals surface area contributed by atoms with Crippen LogP contribution in [0, 0.1) is 5.82 Å². The molecule has 2 N–H and O–H groups in total. The maximum atomic E-state index is 13.2. The smallest absolute Gasteiger partial charge is 0.320 e. The van der Waals surface area contributed by atoms with E-state index < -0.39 is 8.32 Å². The molecule has 6 nitrogen and oxygen atoms in total. The molecule has 0 unspecified atom stereocenters. The standard InChI is InChI=1S/C23H33FN4O2Si/c1-23(2,3)31(4,5)30-20-12-13-21(25-15-20)27-22(29)26-18-7-6-14-28(16-18)19-10-8-17(24)9-11-19/h8-13,15,18H,6-7,14,16H2,1-5H3,(H2,25,26,27,29)/t18-/m0/s1. The van der Waals surface area contributed by atoms with Crippen LogP contribution in [0.4, 0.5) is 20.7 Å². The zero-order valence-corrected chi connectivity index (χ0v) is 20.0. The van der Waals surface area contributed by atoms with Crippen LogP contribution >= 0.6 is 0 Å². The first-order valence-electron chi connectivity index (χ1n) is 10.8. The third-order valence-corrected chi connectivity index (χ3v) is 10.5. The van der Waals surface area contributed by atoms with Crippen molar-refractivity contribution in [3.8, 4) is 5.75 Å². The van der Waals surface area contributed by atoms with E-state index in [2.05, 4.69) is 54.4 Å². The van der Waals surface area contributed by atoms with Crippen LogP contribution < -0.4 is 20.0 Å². The van der Waals surface area contributed by atoms with Gasteiger partial charge in [-0.25, -0.2) is 14.2 Å². The number of amides is 2. The minimum Gasteiger partial charge on any atom is -0.542 e. The van der Waals surface area contributed by atoms with Crippen molar-refractivity contribution in [3.63, 3.8) is 0 Å². The summed E-state index contributed by atoms with van der Waals surface area (Å²) in [4.78, 5) is 19.0. The summed E-state index contributed by atoms with van der Waals surface area (Å²) in [6.45, 7) is 12.5. The van der Waals surface area contributed by atoms with Crippen LogP contribution in [0.5, 0.6) is 5.75 Å². The number of carbonyl (C=O) groups excluding carboxylic acids is 1. The lowest BCUT2D eigenvalue weighted by atomic mass is 10.1. The topological polar surface area (TPSA) is 66.5 Å². The Bertz CT molecular complexity index is 882. The Morgan fingerprint density at radius 3 is 2.52 bits per heavy atom. The average Bonchev–Trinajstić information content (AvgIpc) is 2.69. The molecule has 1 aliphatic rings. The number of aromatic nitrogens is 1. The number of halogens is 1. The predicted octanol–water partition coefficient (Wildman–Crippen LogP) is 5.40. The van der Waals surface area contributed by atoms with Gasteiger partial charge in [-0.15, -0.1) is 0 Å². The van der Waals surface area contributed by atoms with Crippen LogP contribution in [-0.4, -0.2) is 38.5 Å². The summed E-state index contributed by atoms with van der Waals surface area (Å²) >= 11 is 0. The van der Waals surface area contributed by atoms with E-state index in [0.29, 0.717) is 12.4 Å². The largest absolute Gasteiger partial charge is 0.542 e. The van der Waals surface area contributed by atoms with Gasteiger partial charge in [0.1, 0.15) is 17.4 Å². The molecular formula is C23H33FN4O2Si. The predicted molar refractivity (Wildman–Crippen MR) is 126 cm³/mol. The monoisotopic (exact) mass is 444 g/mol. The summed E-state index contributed by atoms with van der Waals surface area (Å²) in [5.74, 6) is 0.953. The molecule has 31 heavy (non-hydrogen) atoms. The maximum absolute atomic E-state index is 13.2. The van der Waals surface area contributed by atoms with Crippen molar-refractivity contribution in [2.75, 3.05) is 23.3 Å². The van der Waals surface area contributed by atoms with Gasteiger partial charge in [0.15, 0.2) is 0 Å². The first kappa shape index (κ1) is 23.1. The van der Waals surface area contributed by atoms with Crippen LogP contribution in [0.25, 0.3) is 0 Å². The quantitative estimate of drug-likeness (QED) is 0.607. The Hall–Kier alpha value is -2.61. The summed E-state index contributed by atoms with van der Waals surface area (Å²) in [6.07, 6.45) is 3.52. The Kier molecular flexibility index (Phi) is 6.89. The van der Waals surface area contributed by atoms with Crippen molar-refractivity contribution >= 4 is 25.9 Å². The number of benzene rings is 1. The van der Waals surface area contributed by atoms with Gasteiger partial charge in [0, 0.05) is 24.8 Å². The van der Waals surface area contributed by atoms with Crippen LogP contribution in [0.15, 0.2) is 42.6 Å². The molecule has 0 spiro atoms. The second kappa shape index (κ2) is 9.26. The highest BCUT2D eigenvalue weighted by atomic mass is 28.4. The van der Waals surface area contributed by atoms with Gasteiger partial charge in [0.25, 0.3) is 8.32 Å². The highest BCUT2D eigenvalue weighted by Gasteiger charge is 2.39. The Morgan fingerprint density at radius 2 is 1.90 bits per heavy atom. The lowest BCUT2D eigenvalue weighted by Gasteiger charge is -2.36. The van der Waals surface area contributed by atoms with E-state index in [4.69, 9.17) is 4.43 Å². The number of urea groups is 1. The van der Waals surface area contributed by atoms with E-state index in [1.807, 2.05) is 6.07 Å². The van der Waals surface area contributed by atoms with Crippen LogP contribution in [0.2, 0.25) is 18.1 Å². The molecule has 168 valence electrons. The van der Waals surface area contributed by atoms with E-state index in [0.717, 1.165) is 30.8 Å². The number of hydrogen-bond acceptors (Lipinski definition) is 4. The van der Waals surface area contributed by atoms with Gasteiger partial charge in [-0.1, -0.05) is 20.8 Å². The fourth-order valence-electron chi connectivity index (χ4n) is 3.28. The van der Waals surface area contributed by atoms with Crippen molar-refractivity contribution in [1.82, 2.24) is 10.3 Å². The molecule has 1 aromatic carbocycles. The molecule has 3 rings (SSSR count). The van der Waals surface area contributed by atoms with Crippen molar-refractivity contribution in [3.05, 3.63) is 48.4 Å². The fourth-order valence-corrected chi connectivity index (χ4v) is 4.30. The van der Waals surface area contributed by atoms with Gasteiger partial charge in [-0.2, -0.15) is 0 Å². The normalized spacial score (nSPS) is 17.2. The van der Waals surface area contributed by atoms with Gasteiger partial charge < -0.3 is 14.6 Å². The molecule has 2 aromatic rings. The summed E-state index contributed by atoms with van der Waals surface area (Å²) in [5.41, 5.74) is 0.965. The van der Waals surface area contributed by atoms with Gasteiger partial charge >= 0.3 is 6.03 Å². The highest BCUT2D eigenvalue weighted by molar-refractivity contribution is 6.74. The lowest BCUT2D eigenvalue weighted by molar-refractivity contribution is 0.246. The molecule has 1 aliphatic heterocycles. The molecule has 0 aliphatic carbocycles.